The van der Waals surface area contributed by atoms with Crippen LogP contribution in [0.15, 0.2) is 108 Å². The first-order chi connectivity index (χ1) is 21.2. The van der Waals surface area contributed by atoms with Gasteiger partial charge in [0.15, 0.2) is 0 Å². The Balaban J connectivity index is 1.30. The number of amides is 1. The molecule has 44 heavy (non-hydrogen) atoms. The van der Waals surface area contributed by atoms with Gasteiger partial charge in [0.1, 0.15) is 22.8 Å². The van der Waals surface area contributed by atoms with Crippen LogP contribution in [0.4, 0.5) is 5.82 Å². The maximum Gasteiger partial charge on any atom is 0.334 e. The zero-order chi connectivity index (χ0) is 30.8. The number of fused-ring (bicyclic) bond motifs is 1. The van der Waals surface area contributed by atoms with E-state index in [1.165, 1.54) is 0 Å². The maximum atomic E-state index is 14.2. The van der Waals surface area contributed by atoms with E-state index in [0.29, 0.717) is 41.1 Å². The molecule has 1 saturated heterocycles. The van der Waals surface area contributed by atoms with E-state index >= 15 is 0 Å². The number of likely N-dealkylation sites (tertiary alicyclic amines) is 1. The number of aromatic nitrogens is 4. The van der Waals surface area contributed by atoms with Gasteiger partial charge in [-0.3, -0.25) is 18.9 Å². The lowest BCUT2D eigenvalue weighted by atomic mass is 9.86. The minimum atomic E-state index is -0.410. The third-order valence-electron chi connectivity index (χ3n) is 8.17. The second kappa shape index (κ2) is 11.8. The van der Waals surface area contributed by atoms with Crippen molar-refractivity contribution in [3.05, 3.63) is 119 Å². The van der Waals surface area contributed by atoms with E-state index in [0.717, 1.165) is 24.3 Å². The van der Waals surface area contributed by atoms with Gasteiger partial charge in [-0.1, -0.05) is 44.2 Å². The molecule has 3 aromatic heterocycles. The van der Waals surface area contributed by atoms with Crippen LogP contribution in [0, 0.1) is 0 Å². The summed E-state index contributed by atoms with van der Waals surface area (Å²) in [4.78, 5) is 38.5. The van der Waals surface area contributed by atoms with Crippen LogP contribution in [0.3, 0.4) is 0 Å². The molecule has 1 aliphatic rings. The quantitative estimate of drug-likeness (QED) is 0.232. The van der Waals surface area contributed by atoms with Crippen LogP contribution in [0.2, 0.25) is 0 Å². The molecule has 0 radical (unpaired) electrons. The number of nitrogens with two attached hydrogens (primary N) is 1. The van der Waals surface area contributed by atoms with E-state index in [9.17, 15) is 9.59 Å². The summed E-state index contributed by atoms with van der Waals surface area (Å²) in [6, 6.07) is 24.3. The molecule has 2 N–H and O–H groups in total. The van der Waals surface area contributed by atoms with Gasteiger partial charge in [-0.05, 0) is 74.4 Å². The molecular weight excluding hydrogens is 552 g/mol. The number of imidazole rings is 1. The molecule has 0 aliphatic carbocycles. The van der Waals surface area contributed by atoms with Crippen LogP contribution < -0.4 is 16.2 Å². The van der Waals surface area contributed by atoms with Crippen LogP contribution in [0.1, 0.15) is 45.3 Å². The SMILES string of the molecule is C/C(=C\C(C)(C)c1ccccn1)C(=O)N1CCC[C@@H](n2c(=O)n(-c3ccc(Oc4ccccc4)cc3)c3c(N)nccc32)C1. The van der Waals surface area contributed by atoms with E-state index in [4.69, 9.17) is 10.5 Å². The van der Waals surface area contributed by atoms with Gasteiger partial charge in [-0.2, -0.15) is 0 Å². The predicted octanol–water partition coefficient (Wildman–Crippen LogP) is 6.04. The van der Waals surface area contributed by atoms with E-state index in [-0.39, 0.29) is 23.5 Å². The molecule has 0 spiro atoms. The Morgan fingerprint density at radius 1 is 0.955 bits per heavy atom. The Labute approximate surface area is 256 Å². The summed E-state index contributed by atoms with van der Waals surface area (Å²) in [6.07, 6.45) is 6.90. The van der Waals surface area contributed by atoms with Crippen LogP contribution >= 0.6 is 0 Å². The van der Waals surface area contributed by atoms with Crippen molar-refractivity contribution in [1.82, 2.24) is 24.0 Å². The first-order valence-electron chi connectivity index (χ1n) is 14.8. The molecule has 1 atom stereocenters. The number of hydrogen-bond acceptors (Lipinski definition) is 6. The number of anilines is 1. The Bertz CT molecular complexity index is 1880. The number of piperidine rings is 1. The average Bonchev–Trinajstić information content (AvgIpc) is 3.34. The standard InChI is InChI=1S/C35H36N6O3/c1-24(22-35(2,3)30-13-7-8-19-37-30)33(42)39-21-9-10-26(23-39)40-29-18-20-38-32(36)31(29)41(34(40)43)25-14-16-28(17-15-25)44-27-11-5-4-6-12-27/h4-8,11-20,22,26H,9-10,21,23H2,1-3H3,(H2,36,38)/b24-22+/t26-/m1/s1. The van der Waals surface area contributed by atoms with E-state index in [1.54, 1.807) is 21.5 Å². The Morgan fingerprint density at radius 2 is 1.68 bits per heavy atom. The van der Waals surface area contributed by atoms with Crippen LogP contribution in [0.5, 0.6) is 11.5 Å². The van der Waals surface area contributed by atoms with Crippen molar-refractivity contribution in [2.45, 2.75) is 45.1 Å². The monoisotopic (exact) mass is 588 g/mol. The van der Waals surface area contributed by atoms with Gasteiger partial charge < -0.3 is 15.4 Å². The molecule has 1 fully saturated rings. The Morgan fingerprint density at radius 3 is 2.41 bits per heavy atom. The molecule has 0 saturated carbocycles. The normalized spacial score (nSPS) is 15.8. The summed E-state index contributed by atoms with van der Waals surface area (Å²) >= 11 is 0. The van der Waals surface area contributed by atoms with E-state index in [2.05, 4.69) is 23.8 Å². The minimum absolute atomic E-state index is 0.0364. The highest BCUT2D eigenvalue weighted by Gasteiger charge is 2.30. The zero-order valence-electron chi connectivity index (χ0n) is 25.2. The number of pyridine rings is 2. The lowest BCUT2D eigenvalue weighted by Crippen LogP contribution is -2.43. The number of para-hydroxylation sites is 1. The number of ether oxygens (including phenoxy) is 1. The summed E-state index contributed by atoms with van der Waals surface area (Å²) in [7, 11) is 0. The number of hydrogen-bond donors (Lipinski definition) is 1. The predicted molar refractivity (Wildman–Crippen MR) is 172 cm³/mol. The van der Waals surface area contributed by atoms with Crippen molar-refractivity contribution in [1.29, 1.82) is 0 Å². The van der Waals surface area contributed by atoms with E-state index < -0.39 is 5.41 Å². The van der Waals surface area contributed by atoms with Crippen LogP contribution in [-0.4, -0.2) is 43.0 Å². The molecule has 9 heteroatoms. The molecule has 0 bridgehead atoms. The molecule has 2 aromatic carbocycles. The number of nitrogens with zero attached hydrogens (tertiary/aromatic N) is 5. The third kappa shape index (κ3) is 5.60. The second-order valence-corrected chi connectivity index (χ2v) is 11.8. The molecule has 0 unspecified atom stereocenters. The molecule has 5 aromatic rings. The Hall–Kier alpha value is -5.18. The molecule has 4 heterocycles. The largest absolute Gasteiger partial charge is 0.457 e. The molecule has 6 rings (SSSR count). The van der Waals surface area contributed by atoms with Gasteiger partial charge in [0.25, 0.3) is 0 Å². The number of benzene rings is 2. The minimum Gasteiger partial charge on any atom is -0.457 e. The van der Waals surface area contributed by atoms with Crippen molar-refractivity contribution in [3.8, 4) is 17.2 Å². The first kappa shape index (κ1) is 28.9. The lowest BCUT2D eigenvalue weighted by molar-refractivity contribution is -0.128. The fourth-order valence-electron chi connectivity index (χ4n) is 6.09. The van der Waals surface area contributed by atoms with Crippen molar-refractivity contribution < 1.29 is 9.53 Å². The fourth-order valence-corrected chi connectivity index (χ4v) is 6.09. The number of carbonyl (C=O) groups is 1. The van der Waals surface area contributed by atoms with Gasteiger partial charge >= 0.3 is 5.69 Å². The van der Waals surface area contributed by atoms with Gasteiger partial charge in [0.05, 0.1) is 17.2 Å². The van der Waals surface area contributed by atoms with E-state index in [1.807, 2.05) is 96.8 Å². The van der Waals surface area contributed by atoms with Crippen molar-refractivity contribution >= 4 is 22.8 Å². The van der Waals surface area contributed by atoms with Gasteiger partial charge in [0, 0.05) is 42.2 Å². The number of carbonyl (C=O) groups excluding carboxylic acids is 1. The van der Waals surface area contributed by atoms with Crippen LogP contribution in [-0.2, 0) is 10.2 Å². The summed E-state index contributed by atoms with van der Waals surface area (Å²) in [5.41, 5.74) is 9.18. The fraction of sp³-hybridized carbons (Fsp3) is 0.257. The van der Waals surface area contributed by atoms with Crippen LogP contribution in [0.25, 0.3) is 16.7 Å². The second-order valence-electron chi connectivity index (χ2n) is 11.8. The Kier molecular flexibility index (Phi) is 7.78. The molecule has 1 amide bonds. The third-order valence-corrected chi connectivity index (χ3v) is 8.17. The van der Waals surface area contributed by atoms with Gasteiger partial charge in [0.2, 0.25) is 5.91 Å². The highest BCUT2D eigenvalue weighted by Crippen LogP contribution is 2.31. The highest BCUT2D eigenvalue weighted by atomic mass is 16.5. The van der Waals surface area contributed by atoms with Crippen molar-refractivity contribution in [3.63, 3.8) is 0 Å². The summed E-state index contributed by atoms with van der Waals surface area (Å²) < 4.78 is 9.32. The van der Waals surface area contributed by atoms with Crippen molar-refractivity contribution in [2.24, 2.45) is 0 Å². The lowest BCUT2D eigenvalue weighted by Gasteiger charge is -2.34. The topological polar surface area (TPSA) is 108 Å². The molecule has 1 aliphatic heterocycles. The van der Waals surface area contributed by atoms with Crippen molar-refractivity contribution in [2.75, 3.05) is 18.8 Å². The highest BCUT2D eigenvalue weighted by molar-refractivity contribution is 5.93. The molecular formula is C35H36N6O3. The van der Waals surface area contributed by atoms with Gasteiger partial charge in [-0.15, -0.1) is 0 Å². The summed E-state index contributed by atoms with van der Waals surface area (Å²) in [5.74, 6) is 1.61. The summed E-state index contributed by atoms with van der Waals surface area (Å²) in [6.45, 7) is 7.01. The number of allylic oxidation sites excluding steroid dienone is 1. The maximum absolute atomic E-state index is 14.2. The number of rotatable bonds is 7. The smallest absolute Gasteiger partial charge is 0.334 e. The molecule has 9 nitrogen and oxygen atoms in total. The summed E-state index contributed by atoms with van der Waals surface area (Å²) in [5, 5.41) is 0. The van der Waals surface area contributed by atoms with Gasteiger partial charge in [-0.25, -0.2) is 9.78 Å². The molecule has 224 valence electrons. The first-order valence-corrected chi connectivity index (χ1v) is 14.8. The zero-order valence-corrected chi connectivity index (χ0v) is 25.2. The number of nitrogen functional groups attached to an aromatic ring is 1. The average molecular weight is 589 g/mol.